The van der Waals surface area contributed by atoms with Crippen molar-refractivity contribution in [1.82, 2.24) is 0 Å². The topological polar surface area (TPSA) is 6.48 Å². The standard InChI is InChI=1S/C48H40N2/c1-47(2)41-19-11-10-18-39(41)40-26-25-38(32-43(40)47)50-45-21-13-12-20-42(45)48(3,4)44-30-33(22-27-46(44)50)28-29-49(36-16-6-5-7-17-36)37-24-23-34-14-8-9-15-35(34)31-37/h5-32H,1-4H3/b29-28+. The Kier molecular flexibility index (Phi) is 6.86. The van der Waals surface area contributed by atoms with Crippen LogP contribution in [0.15, 0.2) is 164 Å². The summed E-state index contributed by atoms with van der Waals surface area (Å²) in [5.74, 6) is 0. The van der Waals surface area contributed by atoms with Crippen LogP contribution in [0.3, 0.4) is 0 Å². The molecule has 0 atom stereocenters. The Labute approximate surface area is 295 Å². The Hall–Kier alpha value is -5.86. The predicted molar refractivity (Wildman–Crippen MR) is 212 cm³/mol. The van der Waals surface area contributed by atoms with Crippen LogP contribution in [0, 0.1) is 0 Å². The first-order valence-electron chi connectivity index (χ1n) is 17.6. The van der Waals surface area contributed by atoms with Gasteiger partial charge >= 0.3 is 0 Å². The van der Waals surface area contributed by atoms with E-state index in [1.54, 1.807) is 0 Å². The van der Waals surface area contributed by atoms with E-state index in [1.807, 2.05) is 0 Å². The van der Waals surface area contributed by atoms with Gasteiger partial charge in [-0.15, -0.1) is 0 Å². The van der Waals surface area contributed by atoms with Crippen LogP contribution in [0.1, 0.15) is 55.5 Å². The van der Waals surface area contributed by atoms with Crippen LogP contribution in [-0.2, 0) is 10.8 Å². The molecule has 0 fully saturated rings. The number of hydrogen-bond donors (Lipinski definition) is 0. The van der Waals surface area contributed by atoms with Gasteiger partial charge in [0.15, 0.2) is 0 Å². The van der Waals surface area contributed by atoms with E-state index in [2.05, 4.69) is 207 Å². The van der Waals surface area contributed by atoms with Crippen molar-refractivity contribution < 1.29 is 0 Å². The third kappa shape index (κ3) is 4.70. The van der Waals surface area contributed by atoms with Gasteiger partial charge in [-0.05, 0) is 110 Å². The minimum absolute atomic E-state index is 0.0658. The van der Waals surface area contributed by atoms with Crippen LogP contribution >= 0.6 is 0 Å². The Morgan fingerprint density at radius 2 is 1.12 bits per heavy atom. The molecular formula is C48H40N2. The Bertz CT molecular complexity index is 2450. The Balaban J connectivity index is 1.15. The van der Waals surface area contributed by atoms with Crippen molar-refractivity contribution in [3.63, 3.8) is 0 Å². The van der Waals surface area contributed by atoms with Gasteiger partial charge < -0.3 is 9.80 Å². The molecule has 242 valence electrons. The molecule has 1 aliphatic heterocycles. The molecule has 0 unspecified atom stereocenters. The molecular weight excluding hydrogens is 605 g/mol. The molecule has 7 aromatic carbocycles. The van der Waals surface area contributed by atoms with Crippen LogP contribution in [0.5, 0.6) is 0 Å². The normalized spacial score (nSPS) is 15.0. The number of nitrogens with zero attached hydrogens (tertiary/aromatic N) is 2. The lowest BCUT2D eigenvalue weighted by molar-refractivity contribution is 0.631. The summed E-state index contributed by atoms with van der Waals surface area (Å²) < 4.78 is 0. The van der Waals surface area contributed by atoms with Crippen molar-refractivity contribution in [2.75, 3.05) is 9.80 Å². The number of rotatable bonds is 5. The fraction of sp³-hybridized carbons (Fsp3) is 0.125. The molecule has 0 amide bonds. The summed E-state index contributed by atoms with van der Waals surface area (Å²) in [6.45, 7) is 9.45. The van der Waals surface area contributed by atoms with Crippen LogP contribution in [0.4, 0.5) is 28.4 Å². The quantitative estimate of drug-likeness (QED) is 0.184. The summed E-state index contributed by atoms with van der Waals surface area (Å²) in [4.78, 5) is 4.76. The fourth-order valence-corrected chi connectivity index (χ4v) is 8.33. The Morgan fingerprint density at radius 1 is 0.460 bits per heavy atom. The highest BCUT2D eigenvalue weighted by Gasteiger charge is 2.39. The van der Waals surface area contributed by atoms with Gasteiger partial charge in [-0.2, -0.15) is 0 Å². The van der Waals surface area contributed by atoms with Gasteiger partial charge in [0.25, 0.3) is 0 Å². The second-order valence-electron chi connectivity index (χ2n) is 14.7. The van der Waals surface area contributed by atoms with Crippen LogP contribution < -0.4 is 9.80 Å². The van der Waals surface area contributed by atoms with E-state index in [9.17, 15) is 0 Å². The SMILES string of the molecule is CC1(C)c2ccccc2-c2ccc(N3c4ccccc4C(C)(C)c4cc(/C=C/N(c5ccccc5)c5ccc6ccccc6c5)ccc43)cc21. The van der Waals surface area contributed by atoms with Gasteiger partial charge in [0, 0.05) is 34.1 Å². The largest absolute Gasteiger partial charge is 0.317 e. The lowest BCUT2D eigenvalue weighted by Crippen LogP contribution is -2.30. The smallest absolute Gasteiger partial charge is 0.0503 e. The summed E-state index contributed by atoms with van der Waals surface area (Å²) in [6, 6.07) is 57.7. The van der Waals surface area contributed by atoms with E-state index in [0.717, 1.165) is 11.4 Å². The molecule has 0 bridgehead atoms. The molecule has 0 spiro atoms. The second kappa shape index (κ2) is 11.4. The monoisotopic (exact) mass is 644 g/mol. The molecule has 0 radical (unpaired) electrons. The molecule has 0 aromatic heterocycles. The third-order valence-electron chi connectivity index (χ3n) is 11.0. The van der Waals surface area contributed by atoms with Gasteiger partial charge in [0.05, 0.1) is 11.4 Å². The fourth-order valence-electron chi connectivity index (χ4n) is 8.33. The molecule has 7 aromatic rings. The zero-order valence-electron chi connectivity index (χ0n) is 29.1. The minimum atomic E-state index is -0.185. The lowest BCUT2D eigenvalue weighted by atomic mass is 9.73. The number of fused-ring (bicyclic) bond motifs is 6. The third-order valence-corrected chi connectivity index (χ3v) is 11.0. The Morgan fingerprint density at radius 3 is 1.96 bits per heavy atom. The molecule has 0 N–H and O–H groups in total. The maximum absolute atomic E-state index is 2.48. The van der Waals surface area contributed by atoms with Crippen LogP contribution in [0.25, 0.3) is 28.0 Å². The summed E-state index contributed by atoms with van der Waals surface area (Å²) in [6.07, 6.45) is 4.46. The average Bonchev–Trinajstić information content (AvgIpc) is 3.38. The molecule has 9 rings (SSSR count). The molecule has 0 saturated carbocycles. The maximum Gasteiger partial charge on any atom is 0.0503 e. The number of hydrogen-bond acceptors (Lipinski definition) is 2. The maximum atomic E-state index is 2.48. The molecule has 1 aliphatic carbocycles. The summed E-state index contributed by atoms with van der Waals surface area (Å²) in [5.41, 5.74) is 15.0. The second-order valence-corrected chi connectivity index (χ2v) is 14.7. The predicted octanol–water partition coefficient (Wildman–Crippen LogP) is 13.1. The summed E-state index contributed by atoms with van der Waals surface area (Å²) in [7, 11) is 0. The number of para-hydroxylation sites is 2. The zero-order valence-corrected chi connectivity index (χ0v) is 29.1. The highest BCUT2D eigenvalue weighted by molar-refractivity contribution is 5.90. The highest BCUT2D eigenvalue weighted by Crippen LogP contribution is 2.55. The van der Waals surface area contributed by atoms with Crippen LogP contribution in [-0.4, -0.2) is 0 Å². The molecule has 1 heterocycles. The first-order chi connectivity index (χ1) is 24.3. The van der Waals surface area contributed by atoms with E-state index in [1.165, 1.54) is 66.8 Å². The van der Waals surface area contributed by atoms with Crippen molar-refractivity contribution in [2.45, 2.75) is 38.5 Å². The van der Waals surface area contributed by atoms with Crippen molar-refractivity contribution in [3.05, 3.63) is 192 Å². The van der Waals surface area contributed by atoms with Gasteiger partial charge in [0.1, 0.15) is 0 Å². The molecule has 2 aliphatic rings. The summed E-state index contributed by atoms with van der Waals surface area (Å²) in [5, 5.41) is 2.47. The van der Waals surface area contributed by atoms with Crippen molar-refractivity contribution in [2.24, 2.45) is 0 Å². The zero-order chi connectivity index (χ0) is 34.0. The lowest BCUT2D eigenvalue weighted by Gasteiger charge is -2.42. The summed E-state index contributed by atoms with van der Waals surface area (Å²) >= 11 is 0. The van der Waals surface area contributed by atoms with E-state index >= 15 is 0 Å². The van der Waals surface area contributed by atoms with E-state index < -0.39 is 0 Å². The molecule has 0 saturated heterocycles. The van der Waals surface area contributed by atoms with Gasteiger partial charge in [0.2, 0.25) is 0 Å². The first-order valence-corrected chi connectivity index (χ1v) is 17.6. The van der Waals surface area contributed by atoms with Crippen molar-refractivity contribution in [1.29, 1.82) is 0 Å². The van der Waals surface area contributed by atoms with Gasteiger partial charge in [-0.1, -0.05) is 131 Å². The number of benzene rings is 7. The molecule has 2 heteroatoms. The van der Waals surface area contributed by atoms with E-state index in [4.69, 9.17) is 0 Å². The van der Waals surface area contributed by atoms with E-state index in [-0.39, 0.29) is 10.8 Å². The average molecular weight is 645 g/mol. The number of anilines is 5. The van der Waals surface area contributed by atoms with Crippen LogP contribution in [0.2, 0.25) is 0 Å². The minimum Gasteiger partial charge on any atom is -0.317 e. The van der Waals surface area contributed by atoms with Crippen molar-refractivity contribution >= 4 is 45.3 Å². The highest BCUT2D eigenvalue weighted by atomic mass is 15.2. The first kappa shape index (κ1) is 30.2. The molecule has 50 heavy (non-hydrogen) atoms. The van der Waals surface area contributed by atoms with E-state index in [0.29, 0.717) is 0 Å². The molecule has 2 nitrogen and oxygen atoms in total. The van der Waals surface area contributed by atoms with Crippen molar-refractivity contribution in [3.8, 4) is 11.1 Å². The van der Waals surface area contributed by atoms with Gasteiger partial charge in [-0.25, -0.2) is 0 Å². The van der Waals surface area contributed by atoms with Gasteiger partial charge in [-0.3, -0.25) is 0 Å².